The molecule has 0 fully saturated rings. The lowest BCUT2D eigenvalue weighted by atomic mass is 10.3. The number of ether oxygens (including phenoxy) is 2. The Hall–Kier alpha value is -0.200. The monoisotopic (exact) mass is 165 g/mol. The van der Waals surface area contributed by atoms with Gasteiger partial charge in [-0.25, -0.2) is 5.11 Å². The van der Waals surface area contributed by atoms with Crippen LogP contribution in [0.5, 0.6) is 0 Å². The molecule has 0 saturated heterocycles. The molecule has 11 heavy (non-hydrogen) atoms. The molecule has 0 aliphatic heterocycles. The highest BCUT2D eigenvalue weighted by Crippen LogP contribution is 2.09. The molecule has 1 unspecified atom stereocenters. The lowest BCUT2D eigenvalue weighted by Gasteiger charge is -2.25. The quantitative estimate of drug-likeness (QED) is 0.518. The highest BCUT2D eigenvalue weighted by molar-refractivity contribution is 4.60. The molecule has 0 aromatic rings. The van der Waals surface area contributed by atoms with Crippen molar-refractivity contribution in [2.24, 2.45) is 0 Å². The summed E-state index contributed by atoms with van der Waals surface area (Å²) in [7, 11) is 1.14. The van der Waals surface area contributed by atoms with Crippen LogP contribution in [0.3, 0.4) is 0 Å². The smallest absolute Gasteiger partial charge is 0.305 e. The van der Waals surface area contributed by atoms with E-state index in [4.69, 9.17) is 14.9 Å². The Labute approximate surface area is 65.2 Å². The third-order valence-corrected chi connectivity index (χ3v) is 1.28. The fraction of sp³-hybridized carbons (Fsp3) is 1.00. The minimum absolute atomic E-state index is 0.0621. The first kappa shape index (κ1) is 10.8. The van der Waals surface area contributed by atoms with Gasteiger partial charge in [0, 0.05) is 7.11 Å². The lowest BCUT2D eigenvalue weighted by molar-refractivity contribution is -0.369. The molecular formula is C6H13O5. The van der Waals surface area contributed by atoms with Crippen molar-refractivity contribution >= 4 is 0 Å². The topological polar surface area (TPSA) is 78.8 Å². The van der Waals surface area contributed by atoms with E-state index in [0.717, 1.165) is 7.11 Å². The summed E-state index contributed by atoms with van der Waals surface area (Å²) in [6.45, 7) is 0.927. The third-order valence-electron chi connectivity index (χ3n) is 1.28. The van der Waals surface area contributed by atoms with E-state index in [-0.39, 0.29) is 6.61 Å². The number of rotatable bonds is 5. The number of aliphatic hydroxyl groups is 2. The number of hydrogen-bond acceptors (Lipinski definition) is 4. The minimum Gasteiger partial charge on any atom is -0.368 e. The Morgan fingerprint density at radius 2 is 2.09 bits per heavy atom. The first-order valence-corrected chi connectivity index (χ1v) is 3.24. The Balaban J connectivity index is 3.71. The average molecular weight is 165 g/mol. The Morgan fingerprint density at radius 1 is 1.55 bits per heavy atom. The zero-order valence-corrected chi connectivity index (χ0v) is 6.61. The first-order valence-electron chi connectivity index (χ1n) is 3.24. The van der Waals surface area contributed by atoms with Crippen molar-refractivity contribution in [1.82, 2.24) is 0 Å². The molecule has 5 heteroatoms. The summed E-state index contributed by atoms with van der Waals surface area (Å²) in [6, 6.07) is 0. The molecule has 0 heterocycles. The predicted octanol–water partition coefficient (Wildman–Crippen LogP) is -0.893. The summed E-state index contributed by atoms with van der Waals surface area (Å²) in [4.78, 5) is 0. The molecule has 0 saturated carbocycles. The standard InChI is InChI=1S/C6H13O5/c1-5(11-4-3-7)6(8,9)10-2/h5,8-9H,3-4H2,1-2H3. The summed E-state index contributed by atoms with van der Waals surface area (Å²) < 4.78 is 8.99. The highest BCUT2D eigenvalue weighted by Gasteiger charge is 2.31. The van der Waals surface area contributed by atoms with Crippen molar-refractivity contribution in [1.29, 1.82) is 0 Å². The fourth-order valence-corrected chi connectivity index (χ4v) is 0.499. The summed E-state index contributed by atoms with van der Waals surface area (Å²) in [6.07, 6.45) is -0.929. The number of hydrogen-bond donors (Lipinski definition) is 2. The van der Waals surface area contributed by atoms with Crippen LogP contribution in [0.4, 0.5) is 0 Å². The minimum atomic E-state index is -2.31. The summed E-state index contributed by atoms with van der Waals surface area (Å²) in [5, 5.41) is 27.8. The van der Waals surface area contributed by atoms with Crippen LogP contribution in [-0.2, 0) is 14.6 Å². The van der Waals surface area contributed by atoms with Gasteiger partial charge in [-0.05, 0) is 6.92 Å². The van der Waals surface area contributed by atoms with Crippen LogP contribution < -0.4 is 0 Å². The predicted molar refractivity (Wildman–Crippen MR) is 35.1 cm³/mol. The van der Waals surface area contributed by atoms with Crippen molar-refractivity contribution in [3.05, 3.63) is 0 Å². The van der Waals surface area contributed by atoms with Gasteiger partial charge >= 0.3 is 5.97 Å². The largest absolute Gasteiger partial charge is 0.368 e. The van der Waals surface area contributed by atoms with E-state index >= 15 is 0 Å². The molecule has 0 bridgehead atoms. The van der Waals surface area contributed by atoms with Gasteiger partial charge in [-0.1, -0.05) is 0 Å². The van der Waals surface area contributed by atoms with Crippen molar-refractivity contribution in [2.75, 3.05) is 20.3 Å². The van der Waals surface area contributed by atoms with Crippen molar-refractivity contribution in [2.45, 2.75) is 19.0 Å². The lowest BCUT2D eigenvalue weighted by Crippen LogP contribution is -2.44. The van der Waals surface area contributed by atoms with Crippen molar-refractivity contribution in [3.8, 4) is 0 Å². The van der Waals surface area contributed by atoms with Crippen molar-refractivity contribution in [3.63, 3.8) is 0 Å². The fourth-order valence-electron chi connectivity index (χ4n) is 0.499. The third kappa shape index (κ3) is 3.64. The second-order valence-corrected chi connectivity index (χ2v) is 2.08. The molecule has 0 aromatic heterocycles. The summed E-state index contributed by atoms with van der Waals surface area (Å²) in [5.74, 6) is -2.31. The van der Waals surface area contributed by atoms with E-state index in [2.05, 4.69) is 4.74 Å². The van der Waals surface area contributed by atoms with E-state index in [1.54, 1.807) is 0 Å². The van der Waals surface area contributed by atoms with Crippen LogP contribution in [0.15, 0.2) is 0 Å². The first-order chi connectivity index (χ1) is 5.04. The molecule has 5 nitrogen and oxygen atoms in total. The molecule has 0 aliphatic carbocycles. The molecule has 67 valence electrons. The van der Waals surface area contributed by atoms with E-state index in [1.165, 1.54) is 6.92 Å². The second kappa shape index (κ2) is 4.63. The van der Waals surface area contributed by atoms with Gasteiger partial charge in [-0.2, -0.15) is 0 Å². The van der Waals surface area contributed by atoms with Crippen LogP contribution in [-0.4, -0.2) is 42.6 Å². The van der Waals surface area contributed by atoms with Gasteiger partial charge < -0.3 is 19.7 Å². The van der Waals surface area contributed by atoms with E-state index < -0.39 is 18.7 Å². The van der Waals surface area contributed by atoms with Crippen LogP contribution >= 0.6 is 0 Å². The van der Waals surface area contributed by atoms with Crippen molar-refractivity contribution < 1.29 is 24.8 Å². The van der Waals surface area contributed by atoms with Gasteiger partial charge in [-0.15, -0.1) is 0 Å². The molecule has 1 radical (unpaired) electrons. The van der Waals surface area contributed by atoms with Gasteiger partial charge in [0.1, 0.15) is 12.7 Å². The zero-order valence-electron chi connectivity index (χ0n) is 6.61. The maximum Gasteiger partial charge on any atom is 0.305 e. The molecule has 1 atom stereocenters. The number of methoxy groups -OCH3 is 1. The SMILES string of the molecule is COC(O)(O)C(C)OCC[O]. The van der Waals surface area contributed by atoms with E-state index in [1.807, 2.05) is 0 Å². The van der Waals surface area contributed by atoms with Gasteiger partial charge in [0.05, 0.1) is 6.61 Å². The highest BCUT2D eigenvalue weighted by atomic mass is 16.8. The molecule has 0 rings (SSSR count). The van der Waals surface area contributed by atoms with Gasteiger partial charge in [0.15, 0.2) is 0 Å². The van der Waals surface area contributed by atoms with Crippen LogP contribution in [0.1, 0.15) is 6.92 Å². The maximum atomic E-state index is 9.92. The van der Waals surface area contributed by atoms with Crippen LogP contribution in [0.25, 0.3) is 0 Å². The molecule has 0 spiro atoms. The molecule has 0 aromatic carbocycles. The van der Waals surface area contributed by atoms with E-state index in [9.17, 15) is 5.11 Å². The zero-order chi connectivity index (χ0) is 8.91. The molecular weight excluding hydrogens is 152 g/mol. The van der Waals surface area contributed by atoms with Crippen LogP contribution in [0, 0.1) is 0 Å². The normalized spacial score (nSPS) is 15.0. The molecule has 0 aliphatic rings. The van der Waals surface area contributed by atoms with Gasteiger partial charge in [0.25, 0.3) is 0 Å². The Kier molecular flexibility index (Phi) is 4.55. The van der Waals surface area contributed by atoms with Gasteiger partial charge in [0.2, 0.25) is 0 Å². The maximum absolute atomic E-state index is 9.92. The van der Waals surface area contributed by atoms with Crippen LogP contribution in [0.2, 0.25) is 0 Å². The van der Waals surface area contributed by atoms with E-state index in [0.29, 0.717) is 0 Å². The molecule has 2 N–H and O–H groups in total. The Bertz CT molecular complexity index is 103. The average Bonchev–Trinajstić information content (AvgIpc) is 2.00. The molecule has 0 amide bonds. The Morgan fingerprint density at radius 3 is 2.45 bits per heavy atom. The van der Waals surface area contributed by atoms with Gasteiger partial charge in [-0.3, -0.25) is 0 Å². The summed E-state index contributed by atoms with van der Waals surface area (Å²) >= 11 is 0. The second-order valence-electron chi connectivity index (χ2n) is 2.08. The summed E-state index contributed by atoms with van der Waals surface area (Å²) in [5.41, 5.74) is 0.